The molecule has 3 rings (SSSR count). The largest absolute Gasteiger partial charge is 0.368 e. The van der Waals surface area contributed by atoms with Crippen LogP contribution in [0.25, 0.3) is 33.9 Å². The second-order valence-corrected chi connectivity index (χ2v) is 5.82. The van der Waals surface area contributed by atoms with Crippen molar-refractivity contribution in [2.45, 2.75) is 13.8 Å². The molecule has 0 spiro atoms. The smallest absolute Gasteiger partial charge is 0.224 e. The lowest BCUT2D eigenvalue weighted by molar-refractivity contribution is 1.03. The summed E-state index contributed by atoms with van der Waals surface area (Å²) in [5, 5.41) is 0. The van der Waals surface area contributed by atoms with Crippen LogP contribution in [-0.2, 0) is 0 Å². The van der Waals surface area contributed by atoms with Crippen LogP contribution in [0.5, 0.6) is 0 Å². The van der Waals surface area contributed by atoms with Crippen LogP contribution in [0.1, 0.15) is 25.5 Å². The molecule has 0 aliphatic heterocycles. The van der Waals surface area contributed by atoms with Crippen LogP contribution in [-0.4, -0.2) is 29.9 Å². The van der Waals surface area contributed by atoms with Gasteiger partial charge in [-0.2, -0.15) is 19.9 Å². The predicted octanol–water partition coefficient (Wildman–Crippen LogP) is 2.62. The Morgan fingerprint density at radius 3 is 1.54 bits per heavy atom. The maximum Gasteiger partial charge on any atom is 0.224 e. The molecule has 8 heteroatoms. The van der Waals surface area contributed by atoms with Crippen molar-refractivity contribution in [2.75, 3.05) is 11.5 Å². The van der Waals surface area contributed by atoms with E-state index >= 15 is 0 Å². The SMILES string of the molecule is C=C(C)c1nc(N)nc(-c2cccc(-c3nc(N)nc(C(=C)C)n3)c2)n1. The molecule has 3 aromatic rings. The fourth-order valence-corrected chi connectivity index (χ4v) is 2.22. The van der Waals surface area contributed by atoms with Crippen LogP contribution >= 0.6 is 0 Å². The second kappa shape index (κ2) is 6.67. The van der Waals surface area contributed by atoms with Gasteiger partial charge < -0.3 is 11.5 Å². The van der Waals surface area contributed by atoms with Gasteiger partial charge in [0, 0.05) is 11.1 Å². The van der Waals surface area contributed by atoms with Gasteiger partial charge in [-0.05, 0) is 31.1 Å². The zero-order valence-electron chi connectivity index (χ0n) is 14.6. The maximum atomic E-state index is 5.79. The normalized spacial score (nSPS) is 10.5. The summed E-state index contributed by atoms with van der Waals surface area (Å²) in [6, 6.07) is 7.44. The number of nitrogen functional groups attached to an aromatic ring is 2. The van der Waals surface area contributed by atoms with Crippen molar-refractivity contribution >= 4 is 23.0 Å². The summed E-state index contributed by atoms with van der Waals surface area (Å²) >= 11 is 0. The maximum absolute atomic E-state index is 5.79. The first-order valence-corrected chi connectivity index (χ1v) is 7.79. The minimum Gasteiger partial charge on any atom is -0.368 e. The predicted molar refractivity (Wildman–Crippen MR) is 102 cm³/mol. The molecule has 1 aromatic carbocycles. The Morgan fingerprint density at radius 1 is 0.731 bits per heavy atom. The Bertz CT molecular complexity index is 947. The summed E-state index contributed by atoms with van der Waals surface area (Å²) in [6.45, 7) is 11.3. The van der Waals surface area contributed by atoms with E-state index in [9.17, 15) is 0 Å². The van der Waals surface area contributed by atoms with Gasteiger partial charge in [0.15, 0.2) is 23.3 Å². The lowest BCUT2D eigenvalue weighted by atomic mass is 10.1. The van der Waals surface area contributed by atoms with Crippen molar-refractivity contribution in [3.8, 4) is 22.8 Å². The quantitative estimate of drug-likeness (QED) is 0.737. The van der Waals surface area contributed by atoms with E-state index < -0.39 is 0 Å². The monoisotopic (exact) mass is 346 g/mol. The van der Waals surface area contributed by atoms with Gasteiger partial charge in [0.05, 0.1) is 0 Å². The van der Waals surface area contributed by atoms with E-state index in [1.165, 1.54) is 0 Å². The zero-order valence-corrected chi connectivity index (χ0v) is 14.6. The van der Waals surface area contributed by atoms with Crippen molar-refractivity contribution in [3.63, 3.8) is 0 Å². The number of allylic oxidation sites excluding steroid dienone is 2. The first-order valence-electron chi connectivity index (χ1n) is 7.79. The van der Waals surface area contributed by atoms with E-state index in [1.54, 1.807) is 0 Å². The van der Waals surface area contributed by atoms with Crippen molar-refractivity contribution < 1.29 is 0 Å². The molecule has 2 aromatic heterocycles. The summed E-state index contributed by atoms with van der Waals surface area (Å²) in [7, 11) is 0. The molecule has 0 aliphatic rings. The van der Waals surface area contributed by atoms with Crippen molar-refractivity contribution in [1.82, 2.24) is 29.9 Å². The van der Waals surface area contributed by atoms with Crippen LogP contribution in [0.3, 0.4) is 0 Å². The molecular formula is C18H18N8. The Balaban J connectivity index is 2.10. The first-order chi connectivity index (χ1) is 12.3. The molecule has 0 fully saturated rings. The third-order valence-electron chi connectivity index (χ3n) is 3.45. The summed E-state index contributed by atoms with van der Waals surface area (Å²) in [6.07, 6.45) is 0. The molecule has 0 saturated carbocycles. The fraction of sp³-hybridized carbons (Fsp3) is 0.111. The molecule has 0 radical (unpaired) electrons. The number of hydrogen-bond donors (Lipinski definition) is 2. The van der Waals surface area contributed by atoms with Crippen LogP contribution in [0.15, 0.2) is 37.4 Å². The highest BCUT2D eigenvalue weighted by atomic mass is 15.1. The van der Waals surface area contributed by atoms with E-state index in [1.807, 2.05) is 38.1 Å². The topological polar surface area (TPSA) is 129 Å². The molecule has 0 amide bonds. The lowest BCUT2D eigenvalue weighted by Crippen LogP contribution is -2.05. The standard InChI is InChI=1S/C18H18N8/c1-9(2)13-21-15(25-17(19)23-13)11-6-5-7-12(8-11)16-22-14(10(3)4)24-18(20)26-16/h5-8H,1,3H2,2,4H3,(H2,19,21,23,25)(H2,20,22,24,26). The number of anilines is 2. The van der Waals surface area contributed by atoms with Gasteiger partial charge >= 0.3 is 0 Å². The number of nitrogens with zero attached hydrogens (tertiary/aromatic N) is 6. The average molecular weight is 346 g/mol. The highest BCUT2D eigenvalue weighted by molar-refractivity contribution is 5.69. The van der Waals surface area contributed by atoms with Gasteiger partial charge in [0.2, 0.25) is 11.9 Å². The number of rotatable bonds is 4. The average Bonchev–Trinajstić information content (AvgIpc) is 2.60. The minimum atomic E-state index is 0.132. The fourth-order valence-electron chi connectivity index (χ4n) is 2.22. The highest BCUT2D eigenvalue weighted by Crippen LogP contribution is 2.24. The zero-order chi connectivity index (χ0) is 18.8. The Hall–Kier alpha value is -3.68. The summed E-state index contributed by atoms with van der Waals surface area (Å²) in [5.41, 5.74) is 14.5. The number of hydrogen-bond acceptors (Lipinski definition) is 8. The van der Waals surface area contributed by atoms with Gasteiger partial charge in [0.1, 0.15) is 0 Å². The Kier molecular flexibility index (Phi) is 4.40. The number of benzene rings is 1. The van der Waals surface area contributed by atoms with E-state index in [4.69, 9.17) is 11.5 Å². The van der Waals surface area contributed by atoms with Crippen molar-refractivity contribution in [2.24, 2.45) is 0 Å². The molecule has 130 valence electrons. The van der Waals surface area contributed by atoms with Gasteiger partial charge in [-0.3, -0.25) is 0 Å². The van der Waals surface area contributed by atoms with Crippen LogP contribution < -0.4 is 11.5 Å². The number of aromatic nitrogens is 6. The molecule has 0 saturated heterocycles. The van der Waals surface area contributed by atoms with Crippen LogP contribution in [0.2, 0.25) is 0 Å². The number of nitrogens with two attached hydrogens (primary N) is 2. The van der Waals surface area contributed by atoms with Gasteiger partial charge in [-0.15, -0.1) is 0 Å². The van der Waals surface area contributed by atoms with Crippen molar-refractivity contribution in [1.29, 1.82) is 0 Å². The highest BCUT2D eigenvalue weighted by Gasteiger charge is 2.11. The van der Waals surface area contributed by atoms with Crippen LogP contribution in [0.4, 0.5) is 11.9 Å². The van der Waals surface area contributed by atoms with Crippen molar-refractivity contribution in [3.05, 3.63) is 49.1 Å². The second-order valence-electron chi connectivity index (χ2n) is 5.82. The van der Waals surface area contributed by atoms with E-state index in [0.717, 1.165) is 11.1 Å². The van der Waals surface area contributed by atoms with E-state index in [-0.39, 0.29) is 11.9 Å². The molecule has 0 aliphatic carbocycles. The molecule has 0 bridgehead atoms. The molecule has 26 heavy (non-hydrogen) atoms. The van der Waals surface area contributed by atoms with Gasteiger partial charge in [-0.1, -0.05) is 31.4 Å². The minimum absolute atomic E-state index is 0.132. The molecule has 4 N–H and O–H groups in total. The Labute approximate surface area is 150 Å². The van der Waals surface area contributed by atoms with Gasteiger partial charge in [-0.25, -0.2) is 9.97 Å². The molecule has 0 unspecified atom stereocenters. The lowest BCUT2D eigenvalue weighted by Gasteiger charge is -2.08. The molecule has 0 atom stereocenters. The molecule has 2 heterocycles. The third kappa shape index (κ3) is 3.54. The van der Waals surface area contributed by atoms with E-state index in [2.05, 4.69) is 43.1 Å². The summed E-state index contributed by atoms with van der Waals surface area (Å²) in [5.74, 6) is 2.05. The molecule has 8 nitrogen and oxygen atoms in total. The third-order valence-corrected chi connectivity index (χ3v) is 3.45. The summed E-state index contributed by atoms with van der Waals surface area (Å²) < 4.78 is 0. The first kappa shape index (κ1) is 17.2. The molecular weight excluding hydrogens is 328 g/mol. The van der Waals surface area contributed by atoms with Crippen LogP contribution in [0, 0.1) is 0 Å². The van der Waals surface area contributed by atoms with Gasteiger partial charge in [0.25, 0.3) is 0 Å². The Morgan fingerprint density at radius 2 is 1.15 bits per heavy atom. The summed E-state index contributed by atoms with van der Waals surface area (Å²) in [4.78, 5) is 25.4. The van der Waals surface area contributed by atoms with E-state index in [0.29, 0.717) is 34.4 Å².